The highest BCUT2D eigenvalue weighted by Crippen LogP contribution is 2.22. The van der Waals surface area contributed by atoms with Crippen LogP contribution in [0.2, 0.25) is 0 Å². The molecule has 1 fully saturated rings. The second-order valence-corrected chi connectivity index (χ2v) is 5.26. The molecule has 3 nitrogen and oxygen atoms in total. The van der Waals surface area contributed by atoms with Crippen molar-refractivity contribution >= 4 is 5.91 Å². The Labute approximate surface area is 113 Å². The van der Waals surface area contributed by atoms with Gasteiger partial charge in [-0.3, -0.25) is 4.79 Å². The van der Waals surface area contributed by atoms with E-state index in [0.717, 1.165) is 12.0 Å². The summed E-state index contributed by atoms with van der Waals surface area (Å²) >= 11 is 0. The van der Waals surface area contributed by atoms with Gasteiger partial charge in [0.25, 0.3) is 5.91 Å². The van der Waals surface area contributed by atoms with Crippen LogP contribution in [0.25, 0.3) is 0 Å². The molecule has 1 amide bonds. The molecule has 19 heavy (non-hydrogen) atoms. The number of likely N-dealkylation sites (tertiary alicyclic amines) is 1. The van der Waals surface area contributed by atoms with Gasteiger partial charge in [-0.05, 0) is 31.9 Å². The molecule has 0 spiro atoms. The molecule has 4 heteroatoms. The van der Waals surface area contributed by atoms with Crippen molar-refractivity contribution in [1.82, 2.24) is 4.90 Å². The Balaban J connectivity index is 2.18. The number of rotatable bonds is 2. The van der Waals surface area contributed by atoms with Gasteiger partial charge in [-0.25, -0.2) is 4.39 Å². The number of aliphatic hydroxyl groups excluding tert-OH is 1. The number of hydrogen-bond acceptors (Lipinski definition) is 2. The third-order valence-corrected chi connectivity index (χ3v) is 3.86. The molecule has 2 rings (SSSR count). The van der Waals surface area contributed by atoms with E-state index in [-0.39, 0.29) is 23.5 Å². The minimum Gasteiger partial charge on any atom is -0.393 e. The van der Waals surface area contributed by atoms with Crippen molar-refractivity contribution in [1.29, 1.82) is 0 Å². The largest absolute Gasteiger partial charge is 0.393 e. The first-order valence-corrected chi connectivity index (χ1v) is 6.76. The lowest BCUT2D eigenvalue weighted by atomic mass is 9.92. The lowest BCUT2D eigenvalue weighted by Gasteiger charge is -2.35. The highest BCUT2D eigenvalue weighted by molar-refractivity contribution is 5.94. The van der Waals surface area contributed by atoms with E-state index in [1.54, 1.807) is 17.0 Å². The fraction of sp³-hybridized carbons (Fsp3) is 0.533. The van der Waals surface area contributed by atoms with Crippen LogP contribution >= 0.6 is 0 Å². The van der Waals surface area contributed by atoms with Crippen molar-refractivity contribution in [2.45, 2.75) is 32.8 Å². The molecule has 0 radical (unpaired) electrons. The Hall–Kier alpha value is -1.42. The number of amides is 1. The van der Waals surface area contributed by atoms with Crippen molar-refractivity contribution < 1.29 is 14.3 Å². The molecule has 0 aromatic heterocycles. The van der Waals surface area contributed by atoms with Gasteiger partial charge >= 0.3 is 0 Å². The third-order valence-electron chi connectivity index (χ3n) is 3.86. The molecule has 104 valence electrons. The summed E-state index contributed by atoms with van der Waals surface area (Å²) in [6, 6.07) is 4.57. The van der Waals surface area contributed by atoms with Gasteiger partial charge in [0.15, 0.2) is 0 Å². The number of nitrogens with zero attached hydrogens (tertiary/aromatic N) is 1. The fourth-order valence-corrected chi connectivity index (χ4v) is 2.58. The van der Waals surface area contributed by atoms with E-state index in [2.05, 4.69) is 0 Å². The average Bonchev–Trinajstić information content (AvgIpc) is 2.41. The number of benzene rings is 1. The van der Waals surface area contributed by atoms with Gasteiger partial charge in [0.05, 0.1) is 11.7 Å². The quantitative estimate of drug-likeness (QED) is 0.891. The highest BCUT2D eigenvalue weighted by atomic mass is 19.1. The molecule has 1 aromatic carbocycles. The van der Waals surface area contributed by atoms with Gasteiger partial charge in [0.1, 0.15) is 5.82 Å². The first kappa shape index (κ1) is 14.0. The maximum atomic E-state index is 13.7. The number of halogens is 1. The van der Waals surface area contributed by atoms with Gasteiger partial charge in [0.2, 0.25) is 0 Å². The fourth-order valence-electron chi connectivity index (χ4n) is 2.58. The van der Waals surface area contributed by atoms with Crippen LogP contribution in [0.15, 0.2) is 18.2 Å². The molecule has 1 heterocycles. The molecule has 1 aliphatic rings. The maximum absolute atomic E-state index is 13.7. The Kier molecular flexibility index (Phi) is 4.20. The van der Waals surface area contributed by atoms with Gasteiger partial charge in [-0.2, -0.15) is 0 Å². The Morgan fingerprint density at radius 2 is 2.26 bits per heavy atom. The Morgan fingerprint density at radius 1 is 1.53 bits per heavy atom. The smallest absolute Gasteiger partial charge is 0.256 e. The van der Waals surface area contributed by atoms with Crippen LogP contribution < -0.4 is 0 Å². The second kappa shape index (κ2) is 5.70. The zero-order chi connectivity index (χ0) is 14.0. The first-order valence-electron chi connectivity index (χ1n) is 6.76. The zero-order valence-corrected chi connectivity index (χ0v) is 11.4. The van der Waals surface area contributed by atoms with E-state index in [0.29, 0.717) is 19.5 Å². The minimum absolute atomic E-state index is 0.0885. The van der Waals surface area contributed by atoms with E-state index in [4.69, 9.17) is 0 Å². The number of hydrogen-bond donors (Lipinski definition) is 1. The van der Waals surface area contributed by atoms with Crippen molar-refractivity contribution in [3.8, 4) is 0 Å². The van der Waals surface area contributed by atoms with Crippen LogP contribution in [-0.4, -0.2) is 35.1 Å². The van der Waals surface area contributed by atoms with Gasteiger partial charge in [-0.15, -0.1) is 0 Å². The van der Waals surface area contributed by atoms with Gasteiger partial charge in [0, 0.05) is 19.0 Å². The summed E-state index contributed by atoms with van der Waals surface area (Å²) in [4.78, 5) is 14.0. The van der Waals surface area contributed by atoms with Crippen molar-refractivity contribution in [3.63, 3.8) is 0 Å². The Bertz CT molecular complexity index is 475. The molecule has 1 saturated heterocycles. The molecule has 0 bridgehead atoms. The molecule has 1 aliphatic heterocycles. The van der Waals surface area contributed by atoms with Crippen molar-refractivity contribution in [2.24, 2.45) is 5.92 Å². The number of aryl methyl sites for hydroxylation is 1. The normalized spacial score (nSPS) is 23.5. The van der Waals surface area contributed by atoms with Crippen LogP contribution in [0, 0.1) is 18.7 Å². The number of aliphatic hydroxyl groups is 1. The van der Waals surface area contributed by atoms with Gasteiger partial charge < -0.3 is 10.0 Å². The molecular formula is C15H20FNO2. The average molecular weight is 265 g/mol. The maximum Gasteiger partial charge on any atom is 0.256 e. The molecular weight excluding hydrogens is 245 g/mol. The lowest BCUT2D eigenvalue weighted by Crippen LogP contribution is -2.46. The first-order chi connectivity index (χ1) is 9.02. The summed E-state index contributed by atoms with van der Waals surface area (Å²) < 4.78 is 13.7. The second-order valence-electron chi connectivity index (χ2n) is 5.26. The standard InChI is InChI=1S/C15H20FNO2/c1-3-11-9-17(7-6-14(11)18)15(19)12-8-10(2)4-5-13(12)16/h4-5,8,11,14,18H,3,6-7,9H2,1-2H3. The predicted octanol–water partition coefficient (Wildman–Crippen LogP) is 2.37. The molecule has 2 unspecified atom stereocenters. The third kappa shape index (κ3) is 2.95. The minimum atomic E-state index is -0.477. The summed E-state index contributed by atoms with van der Waals surface area (Å²) in [7, 11) is 0. The van der Waals surface area contributed by atoms with E-state index in [1.807, 2.05) is 13.8 Å². The molecule has 0 aliphatic carbocycles. The van der Waals surface area contributed by atoms with E-state index in [1.165, 1.54) is 6.07 Å². The van der Waals surface area contributed by atoms with Crippen LogP contribution in [-0.2, 0) is 0 Å². The monoisotopic (exact) mass is 265 g/mol. The van der Waals surface area contributed by atoms with Crippen molar-refractivity contribution in [2.75, 3.05) is 13.1 Å². The summed E-state index contributed by atoms with van der Waals surface area (Å²) in [5.74, 6) is -0.660. The summed E-state index contributed by atoms with van der Waals surface area (Å²) in [6.45, 7) is 4.83. The molecule has 1 N–H and O–H groups in total. The Morgan fingerprint density at radius 3 is 2.95 bits per heavy atom. The molecule has 0 saturated carbocycles. The van der Waals surface area contributed by atoms with Crippen molar-refractivity contribution in [3.05, 3.63) is 35.1 Å². The lowest BCUT2D eigenvalue weighted by molar-refractivity contribution is 0.0226. The molecule has 1 aromatic rings. The topological polar surface area (TPSA) is 40.5 Å². The van der Waals surface area contributed by atoms with E-state index < -0.39 is 5.82 Å². The summed E-state index contributed by atoms with van der Waals surface area (Å²) in [5.41, 5.74) is 1.00. The molecule has 2 atom stereocenters. The van der Waals surface area contributed by atoms with Crippen LogP contribution in [0.3, 0.4) is 0 Å². The summed E-state index contributed by atoms with van der Waals surface area (Å²) in [5, 5.41) is 9.83. The number of carbonyl (C=O) groups excluding carboxylic acids is 1. The van der Waals surface area contributed by atoms with Crippen LogP contribution in [0.1, 0.15) is 35.7 Å². The highest BCUT2D eigenvalue weighted by Gasteiger charge is 2.30. The summed E-state index contributed by atoms with van der Waals surface area (Å²) in [6.07, 6.45) is 1.04. The predicted molar refractivity (Wildman–Crippen MR) is 71.4 cm³/mol. The van der Waals surface area contributed by atoms with E-state index in [9.17, 15) is 14.3 Å². The van der Waals surface area contributed by atoms with Crippen LogP contribution in [0.5, 0.6) is 0 Å². The zero-order valence-electron chi connectivity index (χ0n) is 11.4. The van der Waals surface area contributed by atoms with Crippen LogP contribution in [0.4, 0.5) is 4.39 Å². The SMILES string of the molecule is CCC1CN(C(=O)c2cc(C)ccc2F)CCC1O. The van der Waals surface area contributed by atoms with E-state index >= 15 is 0 Å². The van der Waals surface area contributed by atoms with Gasteiger partial charge in [-0.1, -0.05) is 18.6 Å². The number of piperidine rings is 1. The number of carbonyl (C=O) groups is 1.